The predicted octanol–water partition coefficient (Wildman–Crippen LogP) is 6.11. The van der Waals surface area contributed by atoms with Gasteiger partial charge in [0.25, 0.3) is 0 Å². The Hall–Kier alpha value is -3.66. The summed E-state index contributed by atoms with van der Waals surface area (Å²) in [5.41, 5.74) is 7.39. The molecule has 0 saturated heterocycles. The van der Waals surface area contributed by atoms with Crippen LogP contribution in [0.3, 0.4) is 0 Å². The summed E-state index contributed by atoms with van der Waals surface area (Å²) in [6, 6.07) is 31.5. The fourth-order valence-corrected chi connectivity index (χ4v) is 4.06. The summed E-state index contributed by atoms with van der Waals surface area (Å²) in [6.07, 6.45) is 5.69. The van der Waals surface area contributed by atoms with Crippen LogP contribution < -0.4 is 0 Å². The summed E-state index contributed by atoms with van der Waals surface area (Å²) >= 11 is 0. The third-order valence-electron chi connectivity index (χ3n) is 5.69. The molecular formula is C28H29N3O3P+. The number of rotatable bonds is 7. The lowest BCUT2D eigenvalue weighted by Gasteiger charge is -2.35. The highest BCUT2D eigenvalue weighted by Crippen LogP contribution is 2.40. The van der Waals surface area contributed by atoms with Crippen LogP contribution in [0.15, 0.2) is 109 Å². The van der Waals surface area contributed by atoms with Crippen molar-refractivity contribution in [3.63, 3.8) is 0 Å². The Morgan fingerprint density at radius 3 is 1.63 bits per heavy atom. The topological polar surface area (TPSA) is 88.2 Å². The largest absolute Gasteiger partial charge is 0.692 e. The fourth-order valence-electron chi connectivity index (χ4n) is 4.06. The number of hydrogen-bond donors (Lipinski definition) is 2. The lowest BCUT2D eigenvalue weighted by Crippen LogP contribution is -2.38. The monoisotopic (exact) mass is 486 g/mol. The number of aromatic nitrogens is 3. The van der Waals surface area contributed by atoms with Gasteiger partial charge in [-0.3, -0.25) is 0 Å². The molecule has 35 heavy (non-hydrogen) atoms. The third-order valence-corrected chi connectivity index (χ3v) is 5.69. The maximum Gasteiger partial charge on any atom is 0.692 e. The third kappa shape index (κ3) is 6.27. The minimum Gasteiger partial charge on any atom is -0.233 e. The molecule has 7 heteroatoms. The molecule has 0 bridgehead atoms. The lowest BCUT2D eigenvalue weighted by atomic mass is 9.77. The van der Waals surface area contributed by atoms with Crippen LogP contribution in [0.1, 0.15) is 49.2 Å². The molecule has 0 saturated carbocycles. The van der Waals surface area contributed by atoms with Gasteiger partial charge in [-0.15, -0.1) is 20.6 Å². The Kier molecular flexibility index (Phi) is 9.42. The van der Waals surface area contributed by atoms with Crippen LogP contribution in [-0.2, 0) is 10.1 Å². The van der Waals surface area contributed by atoms with Crippen LogP contribution in [0.4, 0.5) is 0 Å². The van der Waals surface area contributed by atoms with Crippen LogP contribution >= 0.6 is 8.25 Å². The van der Waals surface area contributed by atoms with Gasteiger partial charge in [-0.25, -0.2) is 9.67 Å². The van der Waals surface area contributed by atoms with Crippen molar-refractivity contribution < 1.29 is 14.4 Å². The Morgan fingerprint density at radius 2 is 1.26 bits per heavy atom. The zero-order chi connectivity index (χ0) is 25.1. The summed E-state index contributed by atoms with van der Waals surface area (Å²) in [6.45, 7) is 4.30. The second-order valence-electron chi connectivity index (χ2n) is 7.71. The molecule has 0 aliphatic rings. The molecule has 0 radical (unpaired) electrons. The highest BCUT2D eigenvalue weighted by molar-refractivity contribution is 7.30. The molecule has 0 spiro atoms. The smallest absolute Gasteiger partial charge is 0.233 e. The Labute approximate surface area is 206 Å². The average Bonchev–Trinajstić information content (AvgIpc) is 3.36. The van der Waals surface area contributed by atoms with Gasteiger partial charge in [0.15, 0.2) is 5.82 Å². The Bertz CT molecular complexity index is 1180. The van der Waals surface area contributed by atoms with E-state index in [1.807, 2.05) is 35.3 Å². The molecule has 0 aliphatic heterocycles. The molecule has 178 valence electrons. The summed E-state index contributed by atoms with van der Waals surface area (Å²) in [4.78, 5) is 18.9. The highest BCUT2D eigenvalue weighted by Gasteiger charge is 2.39. The Morgan fingerprint density at radius 1 is 0.857 bits per heavy atom. The standard InChI is InChI=1S/C28H27N3.HO3P/c1-3-23(4-2)20-21-27-29-22-31(30-27)28(24-14-8-5-9-15-24,25-16-10-6-11-17-25)26-18-12-7-13-19-26;1-4(2)3/h5-19,21-22H,3-4H2,1-2H3;(H-,1,2,3)/p+1. The van der Waals surface area contributed by atoms with E-state index in [1.165, 1.54) is 5.57 Å². The van der Waals surface area contributed by atoms with E-state index in [0.29, 0.717) is 5.82 Å². The summed E-state index contributed by atoms with van der Waals surface area (Å²) in [5, 5.41) is 4.93. The normalized spacial score (nSPS) is 10.5. The van der Waals surface area contributed by atoms with Gasteiger partial charge in [-0.05, 0) is 35.1 Å². The number of benzene rings is 3. The lowest BCUT2D eigenvalue weighted by molar-refractivity contribution is 0.405. The first kappa shape index (κ1) is 26.0. The van der Waals surface area contributed by atoms with Gasteiger partial charge in [0, 0.05) is 10.6 Å². The van der Waals surface area contributed by atoms with Crippen molar-refractivity contribution in [3.8, 4) is 0 Å². The molecule has 6 nitrogen and oxygen atoms in total. The molecule has 0 unspecified atom stereocenters. The van der Waals surface area contributed by atoms with Crippen molar-refractivity contribution in [2.75, 3.05) is 0 Å². The fraction of sp³-hybridized carbons (Fsp3) is 0.179. The summed E-state index contributed by atoms with van der Waals surface area (Å²) < 4.78 is 10.7. The minimum atomic E-state index is -2.87. The molecule has 4 rings (SSSR count). The molecule has 1 aromatic heterocycles. The van der Waals surface area contributed by atoms with E-state index in [1.54, 1.807) is 0 Å². The summed E-state index contributed by atoms with van der Waals surface area (Å²) in [5.74, 6) is 0.659. The number of hydrogen-bond acceptors (Lipinski definition) is 3. The van der Waals surface area contributed by atoms with E-state index in [4.69, 9.17) is 19.5 Å². The minimum absolute atomic E-state index is 0.634. The van der Waals surface area contributed by atoms with Crippen LogP contribution in [0.2, 0.25) is 0 Å². The van der Waals surface area contributed by atoms with Crippen molar-refractivity contribution in [2.45, 2.75) is 32.2 Å². The second kappa shape index (κ2) is 12.7. The molecule has 1 heterocycles. The number of nitrogens with zero attached hydrogens (tertiary/aromatic N) is 3. The average molecular weight is 487 g/mol. The highest BCUT2D eigenvalue weighted by atomic mass is 31.1. The first-order valence-electron chi connectivity index (χ1n) is 11.4. The van der Waals surface area contributed by atoms with E-state index in [-0.39, 0.29) is 0 Å². The Balaban J connectivity index is 0.000000795. The van der Waals surface area contributed by atoms with Gasteiger partial charge in [-0.2, -0.15) is 0 Å². The van der Waals surface area contributed by atoms with Gasteiger partial charge in [0.05, 0.1) is 0 Å². The van der Waals surface area contributed by atoms with Crippen LogP contribution in [0, 0.1) is 0 Å². The van der Waals surface area contributed by atoms with Crippen LogP contribution in [-0.4, -0.2) is 24.6 Å². The van der Waals surface area contributed by atoms with E-state index in [2.05, 4.69) is 97.4 Å². The van der Waals surface area contributed by atoms with E-state index in [9.17, 15) is 0 Å². The van der Waals surface area contributed by atoms with Crippen molar-refractivity contribution in [2.24, 2.45) is 0 Å². The van der Waals surface area contributed by atoms with Crippen molar-refractivity contribution in [3.05, 3.63) is 131 Å². The second-order valence-corrected chi connectivity index (χ2v) is 8.21. The van der Waals surface area contributed by atoms with E-state index in [0.717, 1.165) is 29.5 Å². The summed E-state index contributed by atoms with van der Waals surface area (Å²) in [7, 11) is -2.87. The predicted molar refractivity (Wildman–Crippen MR) is 139 cm³/mol. The maximum absolute atomic E-state index is 8.70. The van der Waals surface area contributed by atoms with Crippen molar-refractivity contribution >= 4 is 14.3 Å². The molecule has 0 amide bonds. The maximum atomic E-state index is 8.70. The zero-order valence-electron chi connectivity index (χ0n) is 19.8. The van der Waals surface area contributed by atoms with Crippen LogP contribution in [0.25, 0.3) is 6.08 Å². The van der Waals surface area contributed by atoms with Crippen molar-refractivity contribution in [1.29, 1.82) is 0 Å². The molecule has 2 N–H and O–H groups in total. The SMILES string of the molecule is CCC(=C=Cc1ncn(C(c2ccccc2)(c2ccccc2)c2ccccc2)n1)CC.O=[P+](O)O. The molecule has 0 fully saturated rings. The van der Waals surface area contributed by atoms with E-state index >= 15 is 0 Å². The van der Waals surface area contributed by atoms with Gasteiger partial charge in [0.1, 0.15) is 11.9 Å². The quantitative estimate of drug-likeness (QED) is 0.187. The first-order valence-corrected chi connectivity index (χ1v) is 12.6. The zero-order valence-corrected chi connectivity index (χ0v) is 20.7. The molecular weight excluding hydrogens is 457 g/mol. The van der Waals surface area contributed by atoms with Gasteiger partial charge in [-0.1, -0.05) is 105 Å². The van der Waals surface area contributed by atoms with Crippen LogP contribution in [0.5, 0.6) is 0 Å². The molecule has 3 aromatic carbocycles. The molecule has 0 atom stereocenters. The van der Waals surface area contributed by atoms with Gasteiger partial charge in [0.2, 0.25) is 0 Å². The first-order chi connectivity index (χ1) is 17.0. The molecule has 0 aliphatic carbocycles. The van der Waals surface area contributed by atoms with Gasteiger partial charge < -0.3 is 0 Å². The van der Waals surface area contributed by atoms with Crippen molar-refractivity contribution in [1.82, 2.24) is 14.8 Å². The van der Waals surface area contributed by atoms with Gasteiger partial charge >= 0.3 is 8.25 Å². The number of allylic oxidation sites excluding steroid dienone is 1. The van der Waals surface area contributed by atoms with E-state index < -0.39 is 13.8 Å². The molecule has 4 aromatic rings.